The molecule has 0 bridgehead atoms. The third-order valence-electron chi connectivity index (χ3n) is 3.40. The number of hydrogen-bond acceptors (Lipinski definition) is 5. The fraction of sp³-hybridized carbons (Fsp3) is 0.400. The summed E-state index contributed by atoms with van der Waals surface area (Å²) in [7, 11) is 1.30. The lowest BCUT2D eigenvalue weighted by Crippen LogP contribution is -2.48. The van der Waals surface area contributed by atoms with E-state index in [2.05, 4.69) is 10.1 Å². The number of ether oxygens (including phenoxy) is 1. The number of amides is 2. The van der Waals surface area contributed by atoms with E-state index in [4.69, 9.17) is 0 Å². The van der Waals surface area contributed by atoms with Crippen molar-refractivity contribution in [3.63, 3.8) is 0 Å². The Morgan fingerprint density at radius 2 is 2.13 bits per heavy atom. The van der Waals surface area contributed by atoms with E-state index in [9.17, 15) is 18.8 Å². The van der Waals surface area contributed by atoms with Crippen LogP contribution in [-0.2, 0) is 14.3 Å². The van der Waals surface area contributed by atoms with Crippen LogP contribution in [-0.4, -0.2) is 60.4 Å². The summed E-state index contributed by atoms with van der Waals surface area (Å²) >= 11 is 1.43. The highest BCUT2D eigenvalue weighted by Crippen LogP contribution is 2.19. The van der Waals surface area contributed by atoms with Crippen molar-refractivity contribution in [2.75, 3.05) is 32.5 Å². The number of halogens is 1. The standard InChI is InChI=1S/C15H17FN2O4S/c1-22-15(21)12-9-18(6-7-23-12)13(19)8-17-14(20)10-4-2-3-5-11(10)16/h2-5,12H,6-9H2,1H3,(H,17,20)/t12-/m1/s1. The van der Waals surface area contributed by atoms with Crippen molar-refractivity contribution < 1.29 is 23.5 Å². The van der Waals surface area contributed by atoms with Crippen molar-refractivity contribution >= 4 is 29.5 Å². The maximum Gasteiger partial charge on any atom is 0.320 e. The highest BCUT2D eigenvalue weighted by atomic mass is 32.2. The first-order chi connectivity index (χ1) is 11.0. The van der Waals surface area contributed by atoms with Gasteiger partial charge in [-0.05, 0) is 12.1 Å². The van der Waals surface area contributed by atoms with Crippen LogP contribution in [0, 0.1) is 5.82 Å². The molecule has 0 aliphatic carbocycles. The summed E-state index contributed by atoms with van der Waals surface area (Å²) in [4.78, 5) is 37.0. The monoisotopic (exact) mass is 340 g/mol. The average molecular weight is 340 g/mol. The van der Waals surface area contributed by atoms with Crippen molar-refractivity contribution in [1.29, 1.82) is 0 Å². The number of hydrogen-bond donors (Lipinski definition) is 1. The molecule has 0 unspecified atom stereocenters. The fourth-order valence-corrected chi connectivity index (χ4v) is 3.29. The number of nitrogens with zero attached hydrogens (tertiary/aromatic N) is 1. The Hall–Kier alpha value is -2.09. The molecule has 1 saturated heterocycles. The molecule has 2 rings (SSSR count). The van der Waals surface area contributed by atoms with Crippen LogP contribution in [0.3, 0.4) is 0 Å². The molecule has 0 radical (unpaired) electrons. The molecule has 1 atom stereocenters. The SMILES string of the molecule is COC(=O)[C@H]1CN(C(=O)CNC(=O)c2ccccc2F)CCS1. The fourth-order valence-electron chi connectivity index (χ4n) is 2.16. The Morgan fingerprint density at radius 1 is 1.39 bits per heavy atom. The van der Waals surface area contributed by atoms with Crippen LogP contribution >= 0.6 is 11.8 Å². The lowest BCUT2D eigenvalue weighted by molar-refractivity contribution is -0.141. The van der Waals surface area contributed by atoms with Gasteiger partial charge in [0.15, 0.2) is 0 Å². The van der Waals surface area contributed by atoms with Crippen LogP contribution in [0.1, 0.15) is 10.4 Å². The summed E-state index contributed by atoms with van der Waals surface area (Å²) < 4.78 is 18.2. The van der Waals surface area contributed by atoms with Crippen molar-refractivity contribution in [2.45, 2.75) is 5.25 Å². The molecular weight excluding hydrogens is 323 g/mol. The first-order valence-corrected chi connectivity index (χ1v) is 8.07. The van der Waals surface area contributed by atoms with E-state index in [0.717, 1.165) is 0 Å². The summed E-state index contributed by atoms with van der Waals surface area (Å²) in [5.74, 6) is -1.36. The molecule has 1 aromatic rings. The lowest BCUT2D eigenvalue weighted by Gasteiger charge is -2.31. The van der Waals surface area contributed by atoms with E-state index in [-0.39, 0.29) is 30.5 Å². The van der Waals surface area contributed by atoms with Gasteiger partial charge in [0, 0.05) is 18.8 Å². The van der Waals surface area contributed by atoms with Gasteiger partial charge < -0.3 is 15.0 Å². The highest BCUT2D eigenvalue weighted by molar-refractivity contribution is 8.00. The Morgan fingerprint density at radius 3 is 2.83 bits per heavy atom. The molecule has 0 spiro atoms. The molecule has 6 nitrogen and oxygen atoms in total. The molecule has 1 fully saturated rings. The van der Waals surface area contributed by atoms with E-state index >= 15 is 0 Å². The summed E-state index contributed by atoms with van der Waals surface area (Å²) in [6.07, 6.45) is 0. The quantitative estimate of drug-likeness (QED) is 0.816. The summed E-state index contributed by atoms with van der Waals surface area (Å²) in [6.45, 7) is 0.490. The van der Waals surface area contributed by atoms with Gasteiger partial charge in [-0.25, -0.2) is 4.39 Å². The van der Waals surface area contributed by atoms with Gasteiger partial charge in [-0.3, -0.25) is 14.4 Å². The van der Waals surface area contributed by atoms with E-state index in [1.807, 2.05) is 0 Å². The Labute approximate surface area is 137 Å². The molecule has 124 valence electrons. The molecule has 1 N–H and O–H groups in total. The second-order valence-corrected chi connectivity index (χ2v) is 6.20. The zero-order valence-corrected chi connectivity index (χ0v) is 13.4. The smallest absolute Gasteiger partial charge is 0.320 e. The maximum absolute atomic E-state index is 13.5. The Balaban J connectivity index is 1.88. The number of thioether (sulfide) groups is 1. The lowest BCUT2D eigenvalue weighted by atomic mass is 10.2. The molecule has 1 aromatic carbocycles. The van der Waals surface area contributed by atoms with Gasteiger partial charge in [-0.1, -0.05) is 12.1 Å². The third-order valence-corrected chi connectivity index (χ3v) is 4.56. The topological polar surface area (TPSA) is 75.7 Å². The first kappa shape index (κ1) is 17.3. The molecule has 0 saturated carbocycles. The zero-order valence-electron chi connectivity index (χ0n) is 12.6. The summed E-state index contributed by atoms with van der Waals surface area (Å²) in [5.41, 5.74) is -0.109. The average Bonchev–Trinajstić information content (AvgIpc) is 2.59. The summed E-state index contributed by atoms with van der Waals surface area (Å²) in [6, 6.07) is 5.55. The van der Waals surface area contributed by atoms with Gasteiger partial charge in [-0.15, -0.1) is 11.8 Å². The van der Waals surface area contributed by atoms with Crippen LogP contribution in [0.2, 0.25) is 0 Å². The van der Waals surface area contributed by atoms with Gasteiger partial charge >= 0.3 is 5.97 Å². The molecule has 0 aromatic heterocycles. The zero-order chi connectivity index (χ0) is 16.8. The van der Waals surface area contributed by atoms with Gasteiger partial charge in [0.1, 0.15) is 11.1 Å². The number of rotatable bonds is 4. The maximum atomic E-state index is 13.5. The second kappa shape index (κ2) is 7.96. The number of methoxy groups -OCH3 is 1. The van der Waals surface area contributed by atoms with Crippen LogP contribution in [0.4, 0.5) is 4.39 Å². The van der Waals surface area contributed by atoms with Crippen molar-refractivity contribution in [2.24, 2.45) is 0 Å². The van der Waals surface area contributed by atoms with E-state index < -0.39 is 17.0 Å². The number of esters is 1. The van der Waals surface area contributed by atoms with E-state index in [1.54, 1.807) is 6.07 Å². The van der Waals surface area contributed by atoms with Gasteiger partial charge in [-0.2, -0.15) is 0 Å². The van der Waals surface area contributed by atoms with E-state index in [1.165, 1.54) is 42.0 Å². The van der Waals surface area contributed by atoms with Gasteiger partial charge in [0.05, 0.1) is 19.2 Å². The van der Waals surface area contributed by atoms with Crippen molar-refractivity contribution in [1.82, 2.24) is 10.2 Å². The van der Waals surface area contributed by atoms with E-state index in [0.29, 0.717) is 12.3 Å². The molecule has 8 heteroatoms. The molecular formula is C15H17FN2O4S. The number of benzene rings is 1. The van der Waals surface area contributed by atoms with Crippen molar-refractivity contribution in [3.8, 4) is 0 Å². The predicted octanol–water partition coefficient (Wildman–Crippen LogP) is 0.672. The van der Waals surface area contributed by atoms with Gasteiger partial charge in [0.2, 0.25) is 5.91 Å². The third kappa shape index (κ3) is 4.44. The minimum absolute atomic E-state index is 0.109. The molecule has 1 aliphatic rings. The first-order valence-electron chi connectivity index (χ1n) is 7.03. The van der Waals surface area contributed by atoms with Crippen LogP contribution in [0.5, 0.6) is 0 Å². The normalized spacial score (nSPS) is 17.5. The number of nitrogens with one attached hydrogen (secondary N) is 1. The van der Waals surface area contributed by atoms with Crippen LogP contribution in [0.15, 0.2) is 24.3 Å². The largest absolute Gasteiger partial charge is 0.468 e. The molecule has 23 heavy (non-hydrogen) atoms. The van der Waals surface area contributed by atoms with Gasteiger partial charge in [0.25, 0.3) is 5.91 Å². The molecule has 1 aliphatic heterocycles. The minimum Gasteiger partial charge on any atom is -0.468 e. The molecule has 2 amide bonds. The predicted molar refractivity (Wildman–Crippen MR) is 83.6 cm³/mol. The van der Waals surface area contributed by atoms with Crippen LogP contribution in [0.25, 0.3) is 0 Å². The Bertz CT molecular complexity index is 611. The van der Waals surface area contributed by atoms with Crippen molar-refractivity contribution in [3.05, 3.63) is 35.6 Å². The second-order valence-electron chi connectivity index (χ2n) is 4.88. The minimum atomic E-state index is -0.646. The highest BCUT2D eigenvalue weighted by Gasteiger charge is 2.29. The Kier molecular flexibility index (Phi) is 5.97. The number of carbonyl (C=O) groups is 3. The van der Waals surface area contributed by atoms with Crippen LogP contribution < -0.4 is 5.32 Å². The number of carbonyl (C=O) groups excluding carboxylic acids is 3. The molecule has 1 heterocycles. The summed E-state index contributed by atoms with van der Waals surface area (Å²) in [5, 5.41) is 1.99.